The molecule has 0 radical (unpaired) electrons. The molecule has 0 saturated heterocycles. The van der Waals surface area contributed by atoms with Crippen molar-refractivity contribution in [2.75, 3.05) is 5.32 Å². The van der Waals surface area contributed by atoms with Crippen molar-refractivity contribution in [3.8, 4) is 23.6 Å². The average Bonchev–Trinajstić information content (AvgIpc) is 2.48. The maximum absolute atomic E-state index is 10.9. The Hall–Kier alpha value is -3.31. The van der Waals surface area contributed by atoms with Crippen LogP contribution in [0.2, 0.25) is 0 Å². The molecule has 102 valence electrons. The normalized spacial score (nSPS) is 9.29. The van der Waals surface area contributed by atoms with Gasteiger partial charge in [0.15, 0.2) is 0 Å². The molecule has 0 saturated carbocycles. The zero-order valence-electron chi connectivity index (χ0n) is 11.3. The van der Waals surface area contributed by atoms with Gasteiger partial charge in [-0.25, -0.2) is 0 Å². The molecular weight excluding hydrogens is 266 g/mol. The summed E-state index contributed by atoms with van der Waals surface area (Å²) >= 11 is 0. The fraction of sp³-hybridized carbons (Fsp3) is 0.0625. The van der Waals surface area contributed by atoms with Crippen LogP contribution in [0.1, 0.15) is 18.1 Å². The van der Waals surface area contributed by atoms with E-state index in [2.05, 4.69) is 5.32 Å². The first-order chi connectivity index (χ1) is 10.1. The molecule has 2 aromatic carbocycles. The van der Waals surface area contributed by atoms with E-state index in [1.165, 1.54) is 13.0 Å². The van der Waals surface area contributed by atoms with Crippen molar-refractivity contribution in [3.63, 3.8) is 0 Å². The van der Waals surface area contributed by atoms with E-state index >= 15 is 0 Å². The smallest absolute Gasteiger partial charge is 0.221 e. The zero-order chi connectivity index (χ0) is 15.2. The molecule has 0 unspecified atom stereocenters. The molecule has 0 aliphatic carbocycles. The van der Waals surface area contributed by atoms with Crippen LogP contribution < -0.4 is 10.1 Å². The highest BCUT2D eigenvalue weighted by atomic mass is 16.5. The number of benzene rings is 2. The number of anilines is 1. The van der Waals surface area contributed by atoms with E-state index in [4.69, 9.17) is 15.3 Å². The first-order valence-corrected chi connectivity index (χ1v) is 6.12. The summed E-state index contributed by atoms with van der Waals surface area (Å²) in [6.45, 7) is 1.44. The third-order valence-corrected chi connectivity index (χ3v) is 2.64. The van der Waals surface area contributed by atoms with Gasteiger partial charge >= 0.3 is 0 Å². The Kier molecular flexibility index (Phi) is 4.18. The second-order valence-electron chi connectivity index (χ2n) is 4.24. The average molecular weight is 277 g/mol. The van der Waals surface area contributed by atoms with Crippen LogP contribution >= 0.6 is 0 Å². The predicted molar refractivity (Wildman–Crippen MR) is 76.7 cm³/mol. The van der Waals surface area contributed by atoms with E-state index in [-0.39, 0.29) is 11.5 Å². The molecule has 2 rings (SSSR count). The van der Waals surface area contributed by atoms with E-state index in [1.54, 1.807) is 36.4 Å². The Balaban J connectivity index is 2.17. The van der Waals surface area contributed by atoms with Crippen LogP contribution in [0.4, 0.5) is 5.69 Å². The first-order valence-electron chi connectivity index (χ1n) is 6.12. The SMILES string of the molecule is CC(=O)Nc1ccc(Oc2ccc(C#N)c(C#N)c2)cc1. The number of nitriles is 2. The Bertz CT molecular complexity index is 753. The summed E-state index contributed by atoms with van der Waals surface area (Å²) in [6, 6.07) is 15.4. The number of amides is 1. The third-order valence-electron chi connectivity index (χ3n) is 2.64. The molecule has 2 aromatic rings. The van der Waals surface area contributed by atoms with Crippen molar-refractivity contribution in [2.45, 2.75) is 6.92 Å². The van der Waals surface area contributed by atoms with E-state index in [9.17, 15) is 4.79 Å². The van der Waals surface area contributed by atoms with Gasteiger partial charge in [0.05, 0.1) is 11.1 Å². The van der Waals surface area contributed by atoms with Crippen LogP contribution in [0.15, 0.2) is 42.5 Å². The van der Waals surface area contributed by atoms with Crippen LogP contribution in [0.3, 0.4) is 0 Å². The molecule has 0 bridgehead atoms. The van der Waals surface area contributed by atoms with Crippen LogP contribution in [-0.4, -0.2) is 5.91 Å². The molecule has 5 heteroatoms. The number of carbonyl (C=O) groups excluding carboxylic acids is 1. The standard InChI is InChI=1S/C16H11N3O2/c1-11(20)19-14-3-6-15(7-4-14)21-16-5-2-12(9-17)13(8-16)10-18/h2-8H,1H3,(H,19,20). The van der Waals surface area contributed by atoms with E-state index in [0.717, 1.165) is 0 Å². The summed E-state index contributed by atoms with van der Waals surface area (Å²) in [4.78, 5) is 10.9. The number of carbonyl (C=O) groups is 1. The van der Waals surface area contributed by atoms with E-state index < -0.39 is 0 Å². The van der Waals surface area contributed by atoms with Gasteiger partial charge in [0.1, 0.15) is 23.6 Å². The highest BCUT2D eigenvalue weighted by Crippen LogP contribution is 2.25. The van der Waals surface area contributed by atoms with Crippen LogP contribution in [-0.2, 0) is 4.79 Å². The van der Waals surface area contributed by atoms with Gasteiger partial charge in [0, 0.05) is 12.6 Å². The van der Waals surface area contributed by atoms with Gasteiger partial charge in [-0.2, -0.15) is 10.5 Å². The molecule has 0 aliphatic rings. The Morgan fingerprint density at radius 1 is 1.00 bits per heavy atom. The van der Waals surface area contributed by atoms with E-state index in [1.807, 2.05) is 12.1 Å². The van der Waals surface area contributed by atoms with Crippen LogP contribution in [0.25, 0.3) is 0 Å². The second-order valence-corrected chi connectivity index (χ2v) is 4.24. The highest BCUT2D eigenvalue weighted by Gasteiger charge is 2.05. The summed E-state index contributed by atoms with van der Waals surface area (Å²) in [7, 11) is 0. The number of ether oxygens (including phenoxy) is 1. The minimum Gasteiger partial charge on any atom is -0.457 e. The van der Waals surface area contributed by atoms with Crippen LogP contribution in [0, 0.1) is 22.7 Å². The summed E-state index contributed by atoms with van der Waals surface area (Å²) < 4.78 is 5.61. The number of rotatable bonds is 3. The lowest BCUT2D eigenvalue weighted by Gasteiger charge is -2.07. The van der Waals surface area contributed by atoms with Gasteiger partial charge in [-0.3, -0.25) is 4.79 Å². The highest BCUT2D eigenvalue weighted by molar-refractivity contribution is 5.88. The van der Waals surface area contributed by atoms with Crippen molar-refractivity contribution in [3.05, 3.63) is 53.6 Å². The van der Waals surface area contributed by atoms with Gasteiger partial charge in [-0.15, -0.1) is 0 Å². The van der Waals surface area contributed by atoms with Gasteiger partial charge < -0.3 is 10.1 Å². The lowest BCUT2D eigenvalue weighted by Crippen LogP contribution is -2.05. The Labute approximate surface area is 122 Å². The quantitative estimate of drug-likeness (QED) is 0.933. The lowest BCUT2D eigenvalue weighted by atomic mass is 10.1. The third kappa shape index (κ3) is 3.59. The number of nitrogens with zero attached hydrogens (tertiary/aromatic N) is 2. The number of hydrogen-bond acceptors (Lipinski definition) is 4. The van der Waals surface area contributed by atoms with Gasteiger partial charge in [0.25, 0.3) is 0 Å². The Morgan fingerprint density at radius 3 is 2.19 bits per heavy atom. The molecule has 0 aromatic heterocycles. The van der Waals surface area contributed by atoms with Crippen molar-refractivity contribution in [1.82, 2.24) is 0 Å². The molecule has 21 heavy (non-hydrogen) atoms. The fourth-order valence-corrected chi connectivity index (χ4v) is 1.72. The van der Waals surface area contributed by atoms with Gasteiger partial charge in [0.2, 0.25) is 5.91 Å². The molecule has 0 fully saturated rings. The maximum Gasteiger partial charge on any atom is 0.221 e. The molecule has 0 aliphatic heterocycles. The van der Waals surface area contributed by atoms with Gasteiger partial charge in [-0.05, 0) is 42.5 Å². The Morgan fingerprint density at radius 2 is 1.62 bits per heavy atom. The van der Waals surface area contributed by atoms with Crippen LogP contribution in [0.5, 0.6) is 11.5 Å². The van der Waals surface area contributed by atoms with Gasteiger partial charge in [-0.1, -0.05) is 0 Å². The summed E-state index contributed by atoms with van der Waals surface area (Å²) in [6.07, 6.45) is 0. The molecule has 0 spiro atoms. The topological polar surface area (TPSA) is 85.9 Å². The molecule has 1 N–H and O–H groups in total. The molecule has 5 nitrogen and oxygen atoms in total. The summed E-state index contributed by atoms with van der Waals surface area (Å²) in [5.74, 6) is 0.893. The minimum absolute atomic E-state index is 0.144. The number of nitrogens with one attached hydrogen (secondary N) is 1. The molecule has 0 atom stereocenters. The molecular formula is C16H11N3O2. The second kappa shape index (κ2) is 6.23. The fourth-order valence-electron chi connectivity index (χ4n) is 1.72. The minimum atomic E-state index is -0.144. The first kappa shape index (κ1) is 14.1. The number of hydrogen-bond donors (Lipinski definition) is 1. The predicted octanol–water partition coefficient (Wildman–Crippen LogP) is 3.18. The monoisotopic (exact) mass is 277 g/mol. The lowest BCUT2D eigenvalue weighted by molar-refractivity contribution is -0.114. The van der Waals surface area contributed by atoms with Crippen molar-refractivity contribution in [1.29, 1.82) is 10.5 Å². The van der Waals surface area contributed by atoms with E-state index in [0.29, 0.717) is 22.7 Å². The molecule has 0 heterocycles. The maximum atomic E-state index is 10.9. The summed E-state index contributed by atoms with van der Waals surface area (Å²) in [5.41, 5.74) is 1.25. The largest absolute Gasteiger partial charge is 0.457 e. The van der Waals surface area contributed by atoms with Crippen molar-refractivity contribution >= 4 is 11.6 Å². The van der Waals surface area contributed by atoms with Crippen molar-refractivity contribution < 1.29 is 9.53 Å². The van der Waals surface area contributed by atoms with Crippen molar-refractivity contribution in [2.24, 2.45) is 0 Å². The summed E-state index contributed by atoms with van der Waals surface area (Å²) in [5, 5.41) is 20.5. The zero-order valence-corrected chi connectivity index (χ0v) is 11.3. The molecule has 1 amide bonds.